The van der Waals surface area contributed by atoms with Crippen LogP contribution < -0.4 is 10.1 Å². The summed E-state index contributed by atoms with van der Waals surface area (Å²) in [6.07, 6.45) is 7.77. The first-order valence-electron chi connectivity index (χ1n) is 8.43. The normalized spacial score (nSPS) is 14.9. The van der Waals surface area contributed by atoms with Crippen LogP contribution in [0.2, 0.25) is 0 Å². The highest BCUT2D eigenvalue weighted by Gasteiger charge is 2.19. The molecule has 3 rings (SSSR count). The smallest absolute Gasteiger partial charge is 0.163 e. The van der Waals surface area contributed by atoms with E-state index in [2.05, 4.69) is 33.4 Å². The van der Waals surface area contributed by atoms with Crippen LogP contribution in [-0.2, 0) is 4.79 Å². The van der Waals surface area contributed by atoms with Crippen molar-refractivity contribution in [2.75, 3.05) is 11.9 Å². The summed E-state index contributed by atoms with van der Waals surface area (Å²) < 4.78 is 6.13. The molecule has 0 atom stereocenters. The lowest BCUT2D eigenvalue weighted by Gasteiger charge is -2.24. The van der Waals surface area contributed by atoms with Gasteiger partial charge in [-0.3, -0.25) is 9.59 Å². The molecule has 1 N–H and O–H groups in total. The lowest BCUT2D eigenvalue weighted by atomic mass is 9.95. The van der Waals surface area contributed by atoms with E-state index in [0.29, 0.717) is 23.0 Å². The van der Waals surface area contributed by atoms with Crippen LogP contribution in [0, 0.1) is 0 Å². The predicted molar refractivity (Wildman–Crippen MR) is 105 cm³/mol. The number of benzene rings is 1. The van der Waals surface area contributed by atoms with Crippen LogP contribution in [0.4, 0.5) is 5.69 Å². The van der Waals surface area contributed by atoms with E-state index < -0.39 is 0 Å². The van der Waals surface area contributed by atoms with Crippen molar-refractivity contribution in [3.63, 3.8) is 0 Å². The Morgan fingerprint density at radius 3 is 2.76 bits per heavy atom. The van der Waals surface area contributed by atoms with Gasteiger partial charge in [-0.25, -0.2) is 0 Å². The number of halogens is 1. The first kappa shape index (κ1) is 18.1. The third-order valence-electron chi connectivity index (χ3n) is 4.34. The van der Waals surface area contributed by atoms with Crippen molar-refractivity contribution >= 4 is 45.5 Å². The van der Waals surface area contributed by atoms with E-state index in [9.17, 15) is 9.59 Å². The van der Waals surface area contributed by atoms with Gasteiger partial charge in [-0.15, -0.1) is 11.3 Å². The average molecular weight is 422 g/mol. The van der Waals surface area contributed by atoms with Crippen molar-refractivity contribution in [3.05, 3.63) is 33.6 Å². The molecule has 4 nitrogen and oxygen atoms in total. The second-order valence-corrected chi connectivity index (χ2v) is 7.94. The zero-order valence-corrected chi connectivity index (χ0v) is 16.2. The summed E-state index contributed by atoms with van der Waals surface area (Å²) >= 11 is 4.88. The summed E-state index contributed by atoms with van der Waals surface area (Å²) in [5.41, 5.74) is 2.11. The third-order valence-corrected chi connectivity index (χ3v) is 6.50. The number of aldehydes is 2. The Morgan fingerprint density at radius 1 is 1.24 bits per heavy atom. The van der Waals surface area contributed by atoms with E-state index in [-0.39, 0.29) is 6.61 Å². The molecule has 1 aliphatic rings. The SMILES string of the molecule is O=CCOc1c(C=O)sc(-c2cccc(NC3CCCCC3)c2)c1Br. The topological polar surface area (TPSA) is 55.4 Å². The first-order chi connectivity index (χ1) is 12.2. The van der Waals surface area contributed by atoms with E-state index in [4.69, 9.17) is 4.74 Å². The molecule has 1 saturated carbocycles. The monoisotopic (exact) mass is 421 g/mol. The second-order valence-electron chi connectivity index (χ2n) is 6.09. The van der Waals surface area contributed by atoms with E-state index in [1.165, 1.54) is 43.4 Å². The quantitative estimate of drug-likeness (QED) is 0.615. The summed E-state index contributed by atoms with van der Waals surface area (Å²) in [5.74, 6) is 0.438. The van der Waals surface area contributed by atoms with Gasteiger partial charge in [0.15, 0.2) is 18.3 Å². The molecule has 0 aliphatic heterocycles. The standard InChI is InChI=1S/C19H20BrNO3S/c20-17-18(24-10-9-22)16(12-23)25-19(17)13-5-4-8-15(11-13)21-14-6-2-1-3-7-14/h4-5,8-9,11-12,14,21H,1-3,6-7,10H2. The Morgan fingerprint density at radius 2 is 2.04 bits per heavy atom. The van der Waals surface area contributed by atoms with Crippen molar-refractivity contribution in [2.24, 2.45) is 0 Å². The van der Waals surface area contributed by atoms with Gasteiger partial charge in [0.25, 0.3) is 0 Å². The molecule has 1 heterocycles. The van der Waals surface area contributed by atoms with Crippen LogP contribution in [0.1, 0.15) is 41.8 Å². The average Bonchev–Trinajstić information content (AvgIpc) is 2.97. The summed E-state index contributed by atoms with van der Waals surface area (Å²) in [4.78, 5) is 23.3. The molecular formula is C19H20BrNO3S. The fourth-order valence-corrected chi connectivity index (χ4v) is 5.04. The largest absolute Gasteiger partial charge is 0.483 e. The van der Waals surface area contributed by atoms with Crippen molar-refractivity contribution < 1.29 is 14.3 Å². The summed E-state index contributed by atoms with van der Waals surface area (Å²) in [5, 5.41) is 3.62. The predicted octanol–water partition coefficient (Wildman–Crippen LogP) is 5.31. The Labute approximate surface area is 159 Å². The number of thiophene rings is 1. The van der Waals surface area contributed by atoms with Crippen LogP contribution in [-0.4, -0.2) is 25.2 Å². The van der Waals surface area contributed by atoms with Crippen LogP contribution in [0.15, 0.2) is 28.7 Å². The maximum atomic E-state index is 11.3. The van der Waals surface area contributed by atoms with Crippen molar-refractivity contribution in [1.29, 1.82) is 0 Å². The molecule has 1 aromatic heterocycles. The number of hydrogen-bond donors (Lipinski definition) is 1. The van der Waals surface area contributed by atoms with Crippen LogP contribution in [0.3, 0.4) is 0 Å². The highest BCUT2D eigenvalue weighted by atomic mass is 79.9. The number of anilines is 1. The van der Waals surface area contributed by atoms with Gasteiger partial charge in [-0.1, -0.05) is 31.4 Å². The molecule has 0 saturated heterocycles. The molecule has 1 aliphatic carbocycles. The molecule has 6 heteroatoms. The zero-order chi connectivity index (χ0) is 17.6. The number of ether oxygens (including phenoxy) is 1. The molecular weight excluding hydrogens is 402 g/mol. The molecule has 1 aromatic carbocycles. The minimum Gasteiger partial charge on any atom is -0.483 e. The highest BCUT2D eigenvalue weighted by Crippen LogP contribution is 2.45. The van der Waals surface area contributed by atoms with Gasteiger partial charge in [0, 0.05) is 11.7 Å². The van der Waals surface area contributed by atoms with Crippen LogP contribution in [0.25, 0.3) is 10.4 Å². The Kier molecular flexibility index (Phi) is 6.26. The van der Waals surface area contributed by atoms with Gasteiger partial charge in [-0.05, 0) is 46.5 Å². The van der Waals surface area contributed by atoms with Crippen LogP contribution >= 0.6 is 27.3 Å². The lowest BCUT2D eigenvalue weighted by molar-refractivity contribution is -0.109. The van der Waals surface area contributed by atoms with Gasteiger partial charge in [0.05, 0.1) is 9.35 Å². The van der Waals surface area contributed by atoms with Crippen molar-refractivity contribution in [2.45, 2.75) is 38.1 Å². The Hall–Kier alpha value is -1.66. The molecule has 25 heavy (non-hydrogen) atoms. The van der Waals surface area contributed by atoms with E-state index in [1.807, 2.05) is 12.1 Å². The Bertz CT molecular complexity index is 753. The van der Waals surface area contributed by atoms with Gasteiger partial charge < -0.3 is 10.1 Å². The van der Waals surface area contributed by atoms with Gasteiger partial charge in [-0.2, -0.15) is 0 Å². The Balaban J connectivity index is 1.86. The second kappa shape index (κ2) is 8.63. The molecule has 0 radical (unpaired) electrons. The van der Waals surface area contributed by atoms with E-state index in [1.54, 1.807) is 0 Å². The maximum Gasteiger partial charge on any atom is 0.163 e. The van der Waals surface area contributed by atoms with E-state index in [0.717, 1.165) is 26.9 Å². The van der Waals surface area contributed by atoms with Gasteiger partial charge >= 0.3 is 0 Å². The molecule has 2 aromatic rings. The van der Waals surface area contributed by atoms with E-state index >= 15 is 0 Å². The maximum absolute atomic E-state index is 11.3. The summed E-state index contributed by atoms with van der Waals surface area (Å²) in [7, 11) is 0. The van der Waals surface area contributed by atoms with Gasteiger partial charge in [0.2, 0.25) is 0 Å². The van der Waals surface area contributed by atoms with Gasteiger partial charge in [0.1, 0.15) is 11.5 Å². The summed E-state index contributed by atoms with van der Waals surface area (Å²) in [6.45, 7) is -0.0705. The molecule has 0 spiro atoms. The lowest BCUT2D eigenvalue weighted by Crippen LogP contribution is -2.22. The minimum absolute atomic E-state index is 0.0705. The molecule has 0 bridgehead atoms. The number of rotatable bonds is 7. The molecule has 1 fully saturated rings. The van der Waals surface area contributed by atoms with Crippen molar-refractivity contribution in [3.8, 4) is 16.2 Å². The minimum atomic E-state index is -0.0705. The fraction of sp³-hybridized carbons (Fsp3) is 0.368. The highest BCUT2D eigenvalue weighted by molar-refractivity contribution is 9.10. The fourth-order valence-electron chi connectivity index (χ4n) is 3.16. The molecule has 0 unspecified atom stereocenters. The molecule has 0 amide bonds. The zero-order valence-electron chi connectivity index (χ0n) is 13.8. The number of carbonyl (C=O) groups excluding carboxylic acids is 2. The van der Waals surface area contributed by atoms with Crippen molar-refractivity contribution in [1.82, 2.24) is 0 Å². The first-order valence-corrected chi connectivity index (χ1v) is 10.0. The molecule has 132 valence electrons. The number of hydrogen-bond acceptors (Lipinski definition) is 5. The number of carbonyl (C=O) groups is 2. The summed E-state index contributed by atoms with van der Waals surface area (Å²) in [6, 6.07) is 8.74. The van der Waals surface area contributed by atoms with Crippen LogP contribution in [0.5, 0.6) is 5.75 Å². The number of nitrogens with one attached hydrogen (secondary N) is 1. The third kappa shape index (κ3) is 4.30.